The van der Waals surface area contributed by atoms with Crippen molar-refractivity contribution in [2.75, 3.05) is 13.2 Å². The van der Waals surface area contributed by atoms with Crippen molar-refractivity contribution in [3.05, 3.63) is 97.2 Å². The molecular formula is C76H132O6. The highest BCUT2D eigenvalue weighted by atomic mass is 16.6. The second-order valence-electron chi connectivity index (χ2n) is 23.4. The lowest BCUT2D eigenvalue weighted by molar-refractivity contribution is -0.167. The molecule has 0 rings (SSSR count). The van der Waals surface area contributed by atoms with Gasteiger partial charge in [0.05, 0.1) is 0 Å². The maximum absolute atomic E-state index is 12.9. The molecule has 6 heteroatoms. The molecule has 0 aromatic carbocycles. The number of carbonyl (C=O) groups is 3. The molecule has 0 aliphatic heterocycles. The first kappa shape index (κ1) is 78.3. The van der Waals surface area contributed by atoms with E-state index in [1.54, 1.807) is 0 Å². The van der Waals surface area contributed by atoms with Crippen molar-refractivity contribution in [2.45, 2.75) is 354 Å². The molecule has 0 radical (unpaired) electrons. The third-order valence-electron chi connectivity index (χ3n) is 15.3. The van der Waals surface area contributed by atoms with Gasteiger partial charge in [-0.15, -0.1) is 0 Å². The van der Waals surface area contributed by atoms with Gasteiger partial charge in [0.1, 0.15) is 13.2 Å². The predicted octanol–water partition coefficient (Wildman–Crippen LogP) is 24.4. The molecule has 0 aliphatic rings. The molecule has 0 fully saturated rings. The fraction of sp³-hybridized carbons (Fsp3) is 0.750. The topological polar surface area (TPSA) is 78.9 Å². The minimum atomic E-state index is -0.785. The number of hydrogen-bond acceptors (Lipinski definition) is 6. The van der Waals surface area contributed by atoms with Crippen LogP contribution in [0.15, 0.2) is 97.2 Å². The average Bonchev–Trinajstić information content (AvgIpc) is 3.47. The van der Waals surface area contributed by atoms with Gasteiger partial charge in [0.15, 0.2) is 6.10 Å². The van der Waals surface area contributed by atoms with Crippen LogP contribution in [0.4, 0.5) is 0 Å². The first-order valence-electron chi connectivity index (χ1n) is 35.2. The van der Waals surface area contributed by atoms with E-state index in [0.29, 0.717) is 19.3 Å². The van der Waals surface area contributed by atoms with E-state index in [2.05, 4.69) is 118 Å². The molecule has 472 valence electrons. The number of carbonyl (C=O) groups excluding carboxylic acids is 3. The maximum Gasteiger partial charge on any atom is 0.306 e. The van der Waals surface area contributed by atoms with E-state index in [9.17, 15) is 14.4 Å². The van der Waals surface area contributed by atoms with E-state index in [1.165, 1.54) is 199 Å². The molecule has 0 heterocycles. The summed E-state index contributed by atoms with van der Waals surface area (Å²) in [5.41, 5.74) is 0. The fourth-order valence-electron chi connectivity index (χ4n) is 10.0. The molecule has 82 heavy (non-hydrogen) atoms. The Labute approximate surface area is 508 Å². The first-order chi connectivity index (χ1) is 40.5. The lowest BCUT2D eigenvalue weighted by Gasteiger charge is -2.18. The van der Waals surface area contributed by atoms with Crippen LogP contribution in [0.1, 0.15) is 348 Å². The second kappa shape index (κ2) is 69.8. The fourth-order valence-corrected chi connectivity index (χ4v) is 10.0. The van der Waals surface area contributed by atoms with Gasteiger partial charge in [0.25, 0.3) is 0 Å². The van der Waals surface area contributed by atoms with Crippen LogP contribution in [0.5, 0.6) is 0 Å². The molecule has 0 saturated carbocycles. The van der Waals surface area contributed by atoms with E-state index in [1.807, 2.05) is 0 Å². The lowest BCUT2D eigenvalue weighted by Crippen LogP contribution is -2.30. The Morgan fingerprint density at radius 2 is 0.488 bits per heavy atom. The van der Waals surface area contributed by atoms with Crippen LogP contribution < -0.4 is 0 Å². The van der Waals surface area contributed by atoms with Crippen molar-refractivity contribution in [1.82, 2.24) is 0 Å². The normalized spacial score (nSPS) is 12.7. The molecule has 0 aromatic rings. The Bertz CT molecular complexity index is 1590. The minimum Gasteiger partial charge on any atom is -0.462 e. The highest BCUT2D eigenvalue weighted by molar-refractivity contribution is 5.71. The summed E-state index contributed by atoms with van der Waals surface area (Å²) >= 11 is 0. The van der Waals surface area contributed by atoms with Crippen molar-refractivity contribution in [2.24, 2.45) is 0 Å². The molecular weight excluding hydrogens is 1010 g/mol. The molecule has 6 nitrogen and oxygen atoms in total. The predicted molar refractivity (Wildman–Crippen MR) is 357 cm³/mol. The smallest absolute Gasteiger partial charge is 0.306 e. The van der Waals surface area contributed by atoms with Crippen LogP contribution in [-0.4, -0.2) is 37.2 Å². The van der Waals surface area contributed by atoms with Gasteiger partial charge in [-0.05, 0) is 116 Å². The van der Waals surface area contributed by atoms with Gasteiger partial charge in [0.2, 0.25) is 0 Å². The molecule has 0 aromatic heterocycles. The zero-order valence-electron chi connectivity index (χ0n) is 54.2. The number of unbranched alkanes of at least 4 members (excludes halogenated alkanes) is 37. The Balaban J connectivity index is 4.24. The lowest BCUT2D eigenvalue weighted by atomic mass is 10.0. The molecule has 0 saturated heterocycles. The monoisotopic (exact) mass is 1140 g/mol. The van der Waals surface area contributed by atoms with Crippen LogP contribution in [0, 0.1) is 0 Å². The van der Waals surface area contributed by atoms with E-state index < -0.39 is 6.10 Å². The van der Waals surface area contributed by atoms with E-state index in [-0.39, 0.29) is 31.1 Å². The van der Waals surface area contributed by atoms with Crippen molar-refractivity contribution < 1.29 is 28.6 Å². The van der Waals surface area contributed by atoms with Crippen LogP contribution in [-0.2, 0) is 28.6 Å². The molecule has 0 aliphatic carbocycles. The largest absolute Gasteiger partial charge is 0.462 e. The van der Waals surface area contributed by atoms with Gasteiger partial charge in [0, 0.05) is 19.3 Å². The molecule has 0 bridgehead atoms. The maximum atomic E-state index is 12.9. The third kappa shape index (κ3) is 67.1. The molecule has 0 amide bonds. The van der Waals surface area contributed by atoms with Gasteiger partial charge in [-0.25, -0.2) is 0 Å². The van der Waals surface area contributed by atoms with Crippen LogP contribution >= 0.6 is 0 Å². The van der Waals surface area contributed by atoms with Crippen molar-refractivity contribution in [3.8, 4) is 0 Å². The third-order valence-corrected chi connectivity index (χ3v) is 15.3. The highest BCUT2D eigenvalue weighted by Crippen LogP contribution is 2.17. The summed E-state index contributed by atoms with van der Waals surface area (Å²) in [7, 11) is 0. The van der Waals surface area contributed by atoms with Gasteiger partial charge < -0.3 is 14.2 Å². The van der Waals surface area contributed by atoms with E-state index in [4.69, 9.17) is 14.2 Å². The van der Waals surface area contributed by atoms with Crippen molar-refractivity contribution >= 4 is 17.9 Å². The molecule has 0 spiro atoms. The van der Waals surface area contributed by atoms with Gasteiger partial charge in [-0.3, -0.25) is 14.4 Å². The van der Waals surface area contributed by atoms with Crippen molar-refractivity contribution in [1.29, 1.82) is 0 Å². The standard InChI is InChI=1S/C76H132O6/c1-4-7-10-13-16-19-22-25-28-30-32-33-34-35-36-37-38-39-40-41-42-43-45-46-48-51-54-57-60-63-66-69-75(78)81-72-73(71-80-74(77)68-65-62-59-56-53-50-27-24-21-18-15-12-9-6-3)82-76(79)70-67-64-61-58-55-52-49-47-44-31-29-26-23-20-17-14-11-8-5-2/h7,10,15-16,18-19,24-29,32-33,35-36,73H,4-6,8-9,11-14,17,20-23,30-31,34,37-72H2,1-3H3/b10-7-,18-15-,19-16-,27-24-,28-25-,29-26-,33-32-,36-35-. The zero-order valence-corrected chi connectivity index (χ0v) is 54.2. The second-order valence-corrected chi connectivity index (χ2v) is 23.4. The van der Waals surface area contributed by atoms with E-state index >= 15 is 0 Å². The SMILES string of the molecule is CC/C=C\C/C=C\C/C=C\C/C=C\C/C=C\CCCCCCCCCCCCCCCCCC(=O)OCC(COC(=O)CCCCCCC/C=C\C/C=C\CCCC)OC(=O)CCCCCCCCCCC/C=C\CCCCCCCC. The Kier molecular flexibility index (Phi) is 66.7. The number of hydrogen-bond donors (Lipinski definition) is 0. The Hall–Kier alpha value is -3.67. The number of rotatable bonds is 64. The Morgan fingerprint density at radius 3 is 0.793 bits per heavy atom. The Morgan fingerprint density at radius 1 is 0.256 bits per heavy atom. The number of ether oxygens (including phenoxy) is 3. The highest BCUT2D eigenvalue weighted by Gasteiger charge is 2.19. The van der Waals surface area contributed by atoms with Crippen LogP contribution in [0.2, 0.25) is 0 Å². The zero-order chi connectivity index (χ0) is 59.2. The summed E-state index contributed by atoms with van der Waals surface area (Å²) in [5, 5.41) is 0. The minimum absolute atomic E-state index is 0.0800. The quantitative estimate of drug-likeness (QED) is 0.0261. The van der Waals surface area contributed by atoms with Crippen molar-refractivity contribution in [3.63, 3.8) is 0 Å². The summed E-state index contributed by atoms with van der Waals surface area (Å²) < 4.78 is 17.0. The van der Waals surface area contributed by atoms with E-state index in [0.717, 1.165) is 109 Å². The number of esters is 3. The summed E-state index contributed by atoms with van der Waals surface area (Å²) in [5.74, 6) is -0.881. The molecule has 1 atom stereocenters. The first-order valence-corrected chi connectivity index (χ1v) is 35.2. The summed E-state index contributed by atoms with van der Waals surface area (Å²) in [6, 6.07) is 0. The van der Waals surface area contributed by atoms with Gasteiger partial charge in [-0.1, -0.05) is 311 Å². The summed E-state index contributed by atoms with van der Waals surface area (Å²) in [6.07, 6.45) is 94.3. The molecule has 0 N–H and O–H groups in total. The van der Waals surface area contributed by atoms with Crippen LogP contribution in [0.3, 0.4) is 0 Å². The summed E-state index contributed by atoms with van der Waals surface area (Å²) in [4.78, 5) is 38.4. The summed E-state index contributed by atoms with van der Waals surface area (Å²) in [6.45, 7) is 6.51. The van der Waals surface area contributed by atoms with Gasteiger partial charge >= 0.3 is 17.9 Å². The van der Waals surface area contributed by atoms with Gasteiger partial charge in [-0.2, -0.15) is 0 Å². The number of allylic oxidation sites excluding steroid dienone is 16. The average molecular weight is 1140 g/mol. The molecule has 1 unspecified atom stereocenters. The van der Waals surface area contributed by atoms with Crippen LogP contribution in [0.25, 0.3) is 0 Å².